The summed E-state index contributed by atoms with van der Waals surface area (Å²) in [6, 6.07) is 14.6. The van der Waals surface area contributed by atoms with Crippen molar-refractivity contribution in [3.05, 3.63) is 64.7 Å². The number of nitrogens with one attached hydrogen (secondary N) is 1. The summed E-state index contributed by atoms with van der Waals surface area (Å²) in [7, 11) is 1.62. The van der Waals surface area contributed by atoms with Crippen molar-refractivity contribution in [2.75, 3.05) is 7.11 Å². The highest BCUT2D eigenvalue weighted by Gasteiger charge is 2.30. The molecule has 1 aliphatic carbocycles. The van der Waals surface area contributed by atoms with Gasteiger partial charge in [0.2, 0.25) is 11.8 Å². The summed E-state index contributed by atoms with van der Waals surface area (Å²) in [5.41, 5.74) is 1.71. The van der Waals surface area contributed by atoms with Gasteiger partial charge in [-0.05, 0) is 48.6 Å². The van der Waals surface area contributed by atoms with E-state index < -0.39 is 6.04 Å². The second-order valence-electron chi connectivity index (χ2n) is 8.41. The lowest BCUT2D eigenvalue weighted by atomic mass is 9.95. The molecule has 0 bridgehead atoms. The number of hydrogen-bond donors (Lipinski definition) is 1. The molecule has 6 heteroatoms. The van der Waals surface area contributed by atoms with Gasteiger partial charge in [-0.25, -0.2) is 0 Å². The number of rotatable bonds is 9. The van der Waals surface area contributed by atoms with Crippen molar-refractivity contribution >= 4 is 23.4 Å². The Morgan fingerprint density at radius 2 is 1.78 bits per heavy atom. The lowest BCUT2D eigenvalue weighted by Crippen LogP contribution is -2.52. The Morgan fingerprint density at radius 3 is 2.41 bits per heavy atom. The Hall–Kier alpha value is -2.53. The lowest BCUT2D eigenvalue weighted by Gasteiger charge is -2.33. The molecule has 32 heavy (non-hydrogen) atoms. The van der Waals surface area contributed by atoms with Gasteiger partial charge in [-0.1, -0.05) is 68.1 Å². The number of amides is 2. The molecule has 1 aliphatic rings. The Morgan fingerprint density at radius 1 is 1.09 bits per heavy atom. The van der Waals surface area contributed by atoms with Crippen LogP contribution in [0.1, 0.15) is 56.6 Å². The van der Waals surface area contributed by atoms with Crippen LogP contribution in [0.2, 0.25) is 5.02 Å². The van der Waals surface area contributed by atoms with E-state index >= 15 is 0 Å². The molecular weight excluding hydrogens is 424 g/mol. The number of nitrogens with zero attached hydrogens (tertiary/aromatic N) is 1. The molecule has 2 aromatic carbocycles. The minimum atomic E-state index is -0.533. The molecule has 1 atom stereocenters. The zero-order chi connectivity index (χ0) is 22.9. The van der Waals surface area contributed by atoms with Crippen molar-refractivity contribution in [2.24, 2.45) is 0 Å². The zero-order valence-corrected chi connectivity index (χ0v) is 19.7. The van der Waals surface area contributed by atoms with Crippen molar-refractivity contribution in [3.63, 3.8) is 0 Å². The molecule has 5 nitrogen and oxygen atoms in total. The molecule has 1 saturated carbocycles. The molecule has 0 saturated heterocycles. The van der Waals surface area contributed by atoms with E-state index in [1.165, 1.54) is 6.42 Å². The predicted molar refractivity (Wildman–Crippen MR) is 128 cm³/mol. The van der Waals surface area contributed by atoms with Crippen LogP contribution >= 0.6 is 11.6 Å². The topological polar surface area (TPSA) is 58.6 Å². The molecule has 0 radical (unpaired) electrons. The number of hydrogen-bond acceptors (Lipinski definition) is 3. The van der Waals surface area contributed by atoms with Gasteiger partial charge in [-0.2, -0.15) is 0 Å². The van der Waals surface area contributed by atoms with Crippen molar-refractivity contribution in [2.45, 2.75) is 70.5 Å². The third kappa shape index (κ3) is 6.49. The van der Waals surface area contributed by atoms with Crippen LogP contribution in [0.4, 0.5) is 0 Å². The average molecular weight is 457 g/mol. The second-order valence-corrected chi connectivity index (χ2v) is 8.81. The predicted octanol–water partition coefficient (Wildman–Crippen LogP) is 5.15. The van der Waals surface area contributed by atoms with Crippen LogP contribution in [0, 0.1) is 0 Å². The largest absolute Gasteiger partial charge is 0.497 e. The first-order valence-electron chi connectivity index (χ1n) is 11.5. The normalized spacial score (nSPS) is 15.1. The van der Waals surface area contributed by atoms with Gasteiger partial charge < -0.3 is 15.0 Å². The lowest BCUT2D eigenvalue weighted by molar-refractivity contribution is -0.141. The minimum Gasteiger partial charge on any atom is -0.497 e. The van der Waals surface area contributed by atoms with Crippen LogP contribution in [0.15, 0.2) is 48.5 Å². The van der Waals surface area contributed by atoms with E-state index in [0.717, 1.165) is 42.6 Å². The minimum absolute atomic E-state index is 0.0691. The van der Waals surface area contributed by atoms with Gasteiger partial charge in [0.05, 0.1) is 13.5 Å². The number of halogens is 1. The monoisotopic (exact) mass is 456 g/mol. The Kier molecular flexibility index (Phi) is 8.98. The van der Waals surface area contributed by atoms with Gasteiger partial charge in [0.1, 0.15) is 11.8 Å². The van der Waals surface area contributed by atoms with E-state index in [9.17, 15) is 9.59 Å². The van der Waals surface area contributed by atoms with Gasteiger partial charge in [0, 0.05) is 17.6 Å². The van der Waals surface area contributed by atoms with E-state index in [1.54, 1.807) is 18.1 Å². The van der Waals surface area contributed by atoms with Crippen LogP contribution in [-0.2, 0) is 22.6 Å². The first kappa shape index (κ1) is 24.1. The third-order valence-corrected chi connectivity index (χ3v) is 6.52. The van der Waals surface area contributed by atoms with Crippen molar-refractivity contribution in [1.29, 1.82) is 0 Å². The number of methoxy groups -OCH3 is 1. The quantitative estimate of drug-likeness (QED) is 0.567. The summed E-state index contributed by atoms with van der Waals surface area (Å²) in [5.74, 6) is 0.574. The van der Waals surface area contributed by atoms with E-state index in [-0.39, 0.29) is 24.3 Å². The number of ether oxygens (including phenoxy) is 1. The van der Waals surface area contributed by atoms with Gasteiger partial charge in [-0.15, -0.1) is 0 Å². The summed E-state index contributed by atoms with van der Waals surface area (Å²) in [5, 5.41) is 3.77. The zero-order valence-electron chi connectivity index (χ0n) is 19.0. The maximum absolute atomic E-state index is 13.5. The molecule has 172 valence electrons. The maximum Gasteiger partial charge on any atom is 0.243 e. The first-order valence-corrected chi connectivity index (χ1v) is 11.9. The van der Waals surface area contributed by atoms with Crippen molar-refractivity contribution in [3.8, 4) is 5.75 Å². The van der Waals surface area contributed by atoms with Crippen molar-refractivity contribution < 1.29 is 14.3 Å². The molecule has 1 N–H and O–H groups in total. The summed E-state index contributed by atoms with van der Waals surface area (Å²) < 4.78 is 5.25. The fourth-order valence-corrected chi connectivity index (χ4v) is 4.50. The summed E-state index contributed by atoms with van der Waals surface area (Å²) in [6.45, 7) is 2.30. The van der Waals surface area contributed by atoms with Gasteiger partial charge in [-0.3, -0.25) is 9.59 Å². The van der Waals surface area contributed by atoms with Crippen LogP contribution in [0.3, 0.4) is 0 Å². The third-order valence-electron chi connectivity index (χ3n) is 6.15. The summed E-state index contributed by atoms with van der Waals surface area (Å²) in [6.07, 6.45) is 6.23. The van der Waals surface area contributed by atoms with Crippen LogP contribution in [0.25, 0.3) is 0 Å². The first-order chi connectivity index (χ1) is 15.5. The molecule has 0 aliphatic heterocycles. The standard InChI is InChI=1S/C26H33ClN2O3/c1-3-24(26(31)28-21-10-5-4-6-11-21)29(18-19-13-15-22(32-2)16-14-19)25(30)17-20-9-7-8-12-23(20)27/h7-9,12-16,21,24H,3-6,10-11,17-18H2,1-2H3,(H,28,31). The molecular formula is C26H33ClN2O3. The molecule has 0 spiro atoms. The summed E-state index contributed by atoms with van der Waals surface area (Å²) >= 11 is 6.31. The molecule has 2 aromatic rings. The van der Waals surface area contributed by atoms with Gasteiger partial charge in [0.15, 0.2) is 0 Å². The van der Waals surface area contributed by atoms with E-state index in [2.05, 4.69) is 5.32 Å². The Bertz CT molecular complexity index is 894. The molecule has 1 unspecified atom stereocenters. The van der Waals surface area contributed by atoms with E-state index in [1.807, 2.05) is 49.4 Å². The highest BCUT2D eigenvalue weighted by molar-refractivity contribution is 6.31. The second kappa shape index (κ2) is 11.9. The highest BCUT2D eigenvalue weighted by atomic mass is 35.5. The Balaban J connectivity index is 1.81. The van der Waals surface area contributed by atoms with E-state index in [0.29, 0.717) is 18.0 Å². The number of benzene rings is 2. The number of carbonyl (C=O) groups is 2. The smallest absolute Gasteiger partial charge is 0.243 e. The fraction of sp³-hybridized carbons (Fsp3) is 0.462. The van der Waals surface area contributed by atoms with Gasteiger partial charge >= 0.3 is 0 Å². The molecule has 1 fully saturated rings. The number of carbonyl (C=O) groups excluding carboxylic acids is 2. The maximum atomic E-state index is 13.5. The molecule has 0 aromatic heterocycles. The fourth-order valence-electron chi connectivity index (χ4n) is 4.30. The van der Waals surface area contributed by atoms with Gasteiger partial charge in [0.25, 0.3) is 0 Å². The van der Waals surface area contributed by atoms with Crippen LogP contribution < -0.4 is 10.1 Å². The van der Waals surface area contributed by atoms with Crippen LogP contribution in [0.5, 0.6) is 5.75 Å². The highest BCUT2D eigenvalue weighted by Crippen LogP contribution is 2.22. The average Bonchev–Trinajstić information content (AvgIpc) is 2.81. The van der Waals surface area contributed by atoms with E-state index in [4.69, 9.17) is 16.3 Å². The molecule has 2 amide bonds. The Labute approximate surface area is 196 Å². The molecule has 3 rings (SSSR count). The van der Waals surface area contributed by atoms with Crippen LogP contribution in [-0.4, -0.2) is 35.9 Å². The SMILES string of the molecule is CCC(C(=O)NC1CCCCC1)N(Cc1ccc(OC)cc1)C(=O)Cc1ccccc1Cl. The summed E-state index contributed by atoms with van der Waals surface area (Å²) in [4.78, 5) is 28.4. The molecule has 0 heterocycles. The van der Waals surface area contributed by atoms with Crippen molar-refractivity contribution in [1.82, 2.24) is 10.2 Å².